The van der Waals surface area contributed by atoms with Crippen molar-refractivity contribution in [2.45, 2.75) is 45.7 Å². The van der Waals surface area contributed by atoms with Crippen LogP contribution in [0.25, 0.3) is 0 Å². The molecule has 1 atom stereocenters. The molecular formula is C23H26ClN3O2. The summed E-state index contributed by atoms with van der Waals surface area (Å²) in [4.78, 5) is 30.3. The highest BCUT2D eigenvalue weighted by atomic mass is 35.5. The van der Waals surface area contributed by atoms with E-state index in [1.807, 2.05) is 30.0 Å². The fraction of sp³-hybridized carbons (Fsp3) is 0.391. The van der Waals surface area contributed by atoms with Crippen molar-refractivity contribution in [3.8, 4) is 0 Å². The molecule has 4 rings (SSSR count). The zero-order valence-electron chi connectivity index (χ0n) is 16.9. The molecule has 2 aliphatic heterocycles. The maximum absolute atomic E-state index is 13.1. The van der Waals surface area contributed by atoms with Crippen LogP contribution in [-0.2, 0) is 0 Å². The van der Waals surface area contributed by atoms with E-state index in [4.69, 9.17) is 11.6 Å². The molecular weight excluding hydrogens is 386 g/mol. The minimum Gasteiger partial charge on any atom is -0.351 e. The third-order valence-electron chi connectivity index (χ3n) is 6.00. The largest absolute Gasteiger partial charge is 0.351 e. The van der Waals surface area contributed by atoms with Gasteiger partial charge >= 0.3 is 0 Å². The number of hydrogen-bond acceptors (Lipinski definition) is 3. The molecule has 2 heterocycles. The van der Waals surface area contributed by atoms with Crippen molar-refractivity contribution < 1.29 is 9.59 Å². The molecule has 152 valence electrons. The molecule has 2 amide bonds. The van der Waals surface area contributed by atoms with Gasteiger partial charge in [0.1, 0.15) is 6.17 Å². The van der Waals surface area contributed by atoms with Gasteiger partial charge in [-0.15, -0.1) is 0 Å². The number of carbonyl (C=O) groups is 2. The fourth-order valence-electron chi connectivity index (χ4n) is 4.38. The second-order valence-corrected chi connectivity index (χ2v) is 8.12. The van der Waals surface area contributed by atoms with E-state index in [1.165, 1.54) is 0 Å². The summed E-state index contributed by atoms with van der Waals surface area (Å²) >= 11 is 6.17. The highest BCUT2D eigenvalue weighted by Gasteiger charge is 2.37. The summed E-state index contributed by atoms with van der Waals surface area (Å²) < 4.78 is 0. The maximum Gasteiger partial charge on any atom is 0.257 e. The van der Waals surface area contributed by atoms with Crippen LogP contribution in [0.4, 0.5) is 11.4 Å². The highest BCUT2D eigenvalue weighted by molar-refractivity contribution is 6.31. The first-order valence-corrected chi connectivity index (χ1v) is 10.7. The minimum atomic E-state index is -0.204. The molecule has 0 spiro atoms. The molecule has 0 saturated carbocycles. The normalized spacial score (nSPS) is 18.7. The van der Waals surface area contributed by atoms with E-state index in [2.05, 4.69) is 17.1 Å². The average Bonchev–Trinajstić information content (AvgIpc) is 2.98. The van der Waals surface area contributed by atoms with Crippen LogP contribution in [0.5, 0.6) is 0 Å². The molecule has 6 heteroatoms. The Morgan fingerprint density at radius 3 is 2.83 bits per heavy atom. The van der Waals surface area contributed by atoms with E-state index in [1.54, 1.807) is 18.2 Å². The van der Waals surface area contributed by atoms with Crippen LogP contribution in [0.2, 0.25) is 5.02 Å². The molecule has 0 aliphatic carbocycles. The fourth-order valence-corrected chi connectivity index (χ4v) is 4.55. The lowest BCUT2D eigenvalue weighted by Crippen LogP contribution is -2.55. The van der Waals surface area contributed by atoms with E-state index in [0.29, 0.717) is 21.8 Å². The zero-order chi connectivity index (χ0) is 20.5. The van der Waals surface area contributed by atoms with E-state index in [0.717, 1.165) is 50.0 Å². The van der Waals surface area contributed by atoms with Gasteiger partial charge in [-0.25, -0.2) is 0 Å². The first kappa shape index (κ1) is 19.8. The molecule has 2 aromatic rings. The number of benzene rings is 2. The number of carbonyl (C=O) groups excluding carboxylic acids is 2. The van der Waals surface area contributed by atoms with Crippen LogP contribution in [0.1, 0.15) is 58.9 Å². The second-order valence-electron chi connectivity index (χ2n) is 7.71. The summed E-state index contributed by atoms with van der Waals surface area (Å²) in [6.45, 7) is 5.57. The van der Waals surface area contributed by atoms with Gasteiger partial charge in [-0.1, -0.05) is 24.1 Å². The van der Waals surface area contributed by atoms with Gasteiger partial charge < -0.3 is 15.1 Å². The minimum absolute atomic E-state index is 0.0780. The van der Waals surface area contributed by atoms with Gasteiger partial charge in [0.2, 0.25) is 0 Å². The van der Waals surface area contributed by atoms with Crippen molar-refractivity contribution in [3.05, 3.63) is 58.1 Å². The van der Waals surface area contributed by atoms with E-state index < -0.39 is 0 Å². The van der Waals surface area contributed by atoms with Crippen LogP contribution in [0, 0.1) is 6.92 Å². The van der Waals surface area contributed by atoms with Crippen molar-refractivity contribution in [2.75, 3.05) is 23.3 Å². The second kappa shape index (κ2) is 8.07. The van der Waals surface area contributed by atoms with Crippen molar-refractivity contribution >= 4 is 34.8 Å². The summed E-state index contributed by atoms with van der Waals surface area (Å²) in [5, 5.41) is 3.56. The monoisotopic (exact) mass is 411 g/mol. The van der Waals surface area contributed by atoms with Crippen molar-refractivity contribution in [2.24, 2.45) is 0 Å². The molecule has 0 radical (unpaired) electrons. The zero-order valence-corrected chi connectivity index (χ0v) is 17.6. The lowest BCUT2D eigenvalue weighted by molar-refractivity contribution is 0.0656. The Kier molecular flexibility index (Phi) is 5.50. The molecule has 2 aliphatic rings. The number of halogens is 1. The summed E-state index contributed by atoms with van der Waals surface area (Å²) in [6.07, 6.45) is 4.37. The molecule has 5 nitrogen and oxygen atoms in total. The predicted molar refractivity (Wildman–Crippen MR) is 117 cm³/mol. The SMILES string of the molecule is CCN1c2cc(C(=O)Nc3cccc(Cl)c3C)ccc2C(=O)N2CCCCCC21. The molecule has 0 bridgehead atoms. The quantitative estimate of drug-likeness (QED) is 0.765. The van der Waals surface area contributed by atoms with Gasteiger partial charge in [-0.05, 0) is 69.0 Å². The molecule has 1 N–H and O–H groups in total. The Morgan fingerprint density at radius 1 is 1.21 bits per heavy atom. The van der Waals surface area contributed by atoms with Crippen LogP contribution >= 0.6 is 11.6 Å². The smallest absolute Gasteiger partial charge is 0.257 e. The number of nitrogens with one attached hydrogen (secondary N) is 1. The lowest BCUT2D eigenvalue weighted by Gasteiger charge is -2.44. The van der Waals surface area contributed by atoms with Crippen molar-refractivity contribution in [3.63, 3.8) is 0 Å². The Hall–Kier alpha value is -2.53. The van der Waals surface area contributed by atoms with Gasteiger partial charge in [0.05, 0.1) is 11.3 Å². The number of hydrogen-bond donors (Lipinski definition) is 1. The maximum atomic E-state index is 13.1. The van der Waals surface area contributed by atoms with E-state index in [9.17, 15) is 9.59 Å². The molecule has 1 unspecified atom stereocenters. The van der Waals surface area contributed by atoms with Gasteiger partial charge in [-0.2, -0.15) is 0 Å². The van der Waals surface area contributed by atoms with E-state index >= 15 is 0 Å². The summed E-state index contributed by atoms with van der Waals surface area (Å²) in [5.74, 6) is -0.126. The van der Waals surface area contributed by atoms with Crippen LogP contribution in [-0.4, -0.2) is 36.0 Å². The Labute approximate surface area is 176 Å². The number of rotatable bonds is 3. The Bertz CT molecular complexity index is 959. The Morgan fingerprint density at radius 2 is 2.03 bits per heavy atom. The molecule has 2 aromatic carbocycles. The summed E-state index contributed by atoms with van der Waals surface area (Å²) in [5.41, 5.74) is 3.60. The Balaban J connectivity index is 1.67. The topological polar surface area (TPSA) is 52.7 Å². The third-order valence-corrected chi connectivity index (χ3v) is 6.41. The number of fused-ring (bicyclic) bond motifs is 2. The van der Waals surface area contributed by atoms with Crippen molar-refractivity contribution in [1.82, 2.24) is 4.90 Å². The first-order chi connectivity index (χ1) is 14.0. The highest BCUT2D eigenvalue weighted by Crippen LogP contribution is 2.35. The number of amides is 2. The number of anilines is 2. The molecule has 29 heavy (non-hydrogen) atoms. The summed E-state index contributed by atoms with van der Waals surface area (Å²) in [7, 11) is 0. The van der Waals surface area contributed by atoms with Crippen molar-refractivity contribution in [1.29, 1.82) is 0 Å². The lowest BCUT2D eigenvalue weighted by atomic mass is 10.0. The van der Waals surface area contributed by atoms with Gasteiger partial charge in [0, 0.05) is 29.4 Å². The van der Waals surface area contributed by atoms with Gasteiger partial charge in [0.15, 0.2) is 0 Å². The molecule has 0 aromatic heterocycles. The number of nitrogens with zero attached hydrogens (tertiary/aromatic N) is 2. The molecule has 1 fully saturated rings. The van der Waals surface area contributed by atoms with E-state index in [-0.39, 0.29) is 18.0 Å². The predicted octanol–water partition coefficient (Wildman–Crippen LogP) is 5.08. The standard InChI is InChI=1S/C23H26ClN3O2/c1-3-26-20-14-16(22(28)25-19-9-7-8-18(24)15(19)2)11-12-17(20)23(29)27-13-6-4-5-10-21(26)27/h7-9,11-12,14,21H,3-6,10,13H2,1-2H3,(H,25,28). The van der Waals surface area contributed by atoms with Gasteiger partial charge in [-0.3, -0.25) is 9.59 Å². The third kappa shape index (κ3) is 3.60. The van der Waals surface area contributed by atoms with Crippen LogP contribution < -0.4 is 10.2 Å². The first-order valence-electron chi connectivity index (χ1n) is 10.3. The molecule has 1 saturated heterocycles. The van der Waals surface area contributed by atoms with Gasteiger partial charge in [0.25, 0.3) is 11.8 Å². The summed E-state index contributed by atoms with van der Waals surface area (Å²) in [6, 6.07) is 10.8. The average molecular weight is 412 g/mol. The van der Waals surface area contributed by atoms with Crippen LogP contribution in [0.15, 0.2) is 36.4 Å². The van der Waals surface area contributed by atoms with Crippen LogP contribution in [0.3, 0.4) is 0 Å².